The number of amides is 1. The summed E-state index contributed by atoms with van der Waals surface area (Å²) in [5, 5.41) is 18.1. The Morgan fingerprint density at radius 3 is 2.63 bits per heavy atom. The molecular weight excluding hydrogens is 481 g/mol. The van der Waals surface area contributed by atoms with Crippen molar-refractivity contribution in [2.75, 3.05) is 49.9 Å². The third-order valence-electron chi connectivity index (χ3n) is 6.07. The van der Waals surface area contributed by atoms with Crippen molar-refractivity contribution in [3.8, 4) is 0 Å². The second-order valence-electron chi connectivity index (χ2n) is 8.55. The van der Waals surface area contributed by atoms with Crippen molar-refractivity contribution in [3.05, 3.63) is 41.5 Å². The van der Waals surface area contributed by atoms with Crippen LogP contribution in [0.25, 0.3) is 0 Å². The molecule has 12 heteroatoms. The Morgan fingerprint density at radius 2 is 1.94 bits per heavy atom. The summed E-state index contributed by atoms with van der Waals surface area (Å²) < 4.78 is 41.2. The number of hydroxylamine groups is 1. The number of piperidine rings is 1. The fraction of sp³-hybridized carbons (Fsp3) is 0.435. The number of benzene rings is 2. The van der Waals surface area contributed by atoms with Gasteiger partial charge in [-0.25, -0.2) is 5.48 Å². The Bertz CT molecular complexity index is 1060. The molecule has 190 valence electrons. The highest BCUT2D eigenvalue weighted by molar-refractivity contribution is 7.99. The van der Waals surface area contributed by atoms with Gasteiger partial charge in [0.25, 0.3) is 5.91 Å². The van der Waals surface area contributed by atoms with Gasteiger partial charge in [0, 0.05) is 60.7 Å². The molecule has 2 aromatic carbocycles. The van der Waals surface area contributed by atoms with E-state index in [1.54, 1.807) is 18.2 Å². The monoisotopic (exact) mass is 510 g/mol. The molecule has 0 atom stereocenters. The van der Waals surface area contributed by atoms with Gasteiger partial charge in [-0.15, -0.1) is 0 Å². The second kappa shape index (κ2) is 11.0. The summed E-state index contributed by atoms with van der Waals surface area (Å²) in [6, 6.07) is 7.45. The third-order valence-corrected chi connectivity index (χ3v) is 7.17. The summed E-state index contributed by atoms with van der Waals surface area (Å²) in [5.41, 5.74) is 9.02. The van der Waals surface area contributed by atoms with E-state index in [1.807, 2.05) is 0 Å². The van der Waals surface area contributed by atoms with Gasteiger partial charge in [-0.05, 0) is 43.2 Å². The molecule has 8 nitrogen and oxygen atoms in total. The van der Waals surface area contributed by atoms with Crippen molar-refractivity contribution >= 4 is 34.7 Å². The zero-order valence-corrected chi connectivity index (χ0v) is 19.9. The fourth-order valence-corrected chi connectivity index (χ4v) is 5.32. The SMILES string of the molecule is NCCNC(=O)c1ccc2c(c1)Sc1cc(C(F)(F)F)cc(NC3CCN(CCNO)CC3)c1N2. The van der Waals surface area contributed by atoms with Gasteiger partial charge in [0.1, 0.15) is 0 Å². The molecule has 2 heterocycles. The largest absolute Gasteiger partial charge is 0.416 e. The van der Waals surface area contributed by atoms with Crippen LogP contribution in [-0.4, -0.2) is 61.3 Å². The molecule has 0 aliphatic carbocycles. The molecule has 2 aromatic rings. The average Bonchev–Trinajstić information content (AvgIpc) is 2.84. The van der Waals surface area contributed by atoms with Crippen LogP contribution in [0, 0.1) is 0 Å². The quantitative estimate of drug-likeness (QED) is 0.256. The van der Waals surface area contributed by atoms with Gasteiger partial charge < -0.3 is 31.8 Å². The van der Waals surface area contributed by atoms with Crippen molar-refractivity contribution in [3.63, 3.8) is 0 Å². The molecule has 0 saturated carbocycles. The predicted molar refractivity (Wildman–Crippen MR) is 130 cm³/mol. The lowest BCUT2D eigenvalue weighted by Crippen LogP contribution is -2.41. The average molecular weight is 511 g/mol. The van der Waals surface area contributed by atoms with Gasteiger partial charge in [0.05, 0.1) is 22.6 Å². The standard InChI is InChI=1S/C23H29F3N6O2S/c24-23(25,26)15-12-18(30-16-3-8-32(9-4-16)10-7-29-34)21-20(13-15)35-19-11-14(1-2-17(19)31-21)22(33)28-6-5-27/h1-2,11-13,16,29-31,34H,3-10,27H2,(H,28,33). The smallest absolute Gasteiger partial charge is 0.380 e. The summed E-state index contributed by atoms with van der Waals surface area (Å²) in [7, 11) is 0. The molecule has 35 heavy (non-hydrogen) atoms. The second-order valence-corrected chi connectivity index (χ2v) is 9.63. The maximum absolute atomic E-state index is 13.7. The zero-order valence-electron chi connectivity index (χ0n) is 19.0. The molecule has 1 saturated heterocycles. The highest BCUT2D eigenvalue weighted by atomic mass is 32.2. The maximum Gasteiger partial charge on any atom is 0.416 e. The lowest BCUT2D eigenvalue weighted by atomic mass is 10.0. The zero-order chi connectivity index (χ0) is 25.0. The van der Waals surface area contributed by atoms with Crippen LogP contribution in [0.15, 0.2) is 40.1 Å². The van der Waals surface area contributed by atoms with Gasteiger partial charge >= 0.3 is 6.18 Å². The van der Waals surface area contributed by atoms with Gasteiger partial charge in [0.15, 0.2) is 0 Å². The highest BCUT2D eigenvalue weighted by Crippen LogP contribution is 2.50. The minimum Gasteiger partial charge on any atom is -0.380 e. The van der Waals surface area contributed by atoms with Crippen LogP contribution >= 0.6 is 11.8 Å². The predicted octanol–water partition coefficient (Wildman–Crippen LogP) is 3.46. The van der Waals surface area contributed by atoms with Gasteiger partial charge in [-0.2, -0.15) is 13.2 Å². The van der Waals surface area contributed by atoms with Crippen molar-refractivity contribution in [1.29, 1.82) is 0 Å². The first-order valence-electron chi connectivity index (χ1n) is 11.5. The highest BCUT2D eigenvalue weighted by Gasteiger charge is 2.34. The first-order chi connectivity index (χ1) is 16.8. The number of alkyl halides is 3. The Kier molecular flexibility index (Phi) is 8.07. The number of carbonyl (C=O) groups is 1. The van der Waals surface area contributed by atoms with Crippen molar-refractivity contribution < 1.29 is 23.2 Å². The number of likely N-dealkylation sites (tertiary alicyclic amines) is 1. The van der Waals surface area contributed by atoms with Crippen molar-refractivity contribution in [2.45, 2.75) is 34.9 Å². The van der Waals surface area contributed by atoms with E-state index in [-0.39, 0.29) is 11.9 Å². The molecule has 1 fully saturated rings. The van der Waals surface area contributed by atoms with Crippen LogP contribution in [0.1, 0.15) is 28.8 Å². The van der Waals surface area contributed by atoms with Crippen LogP contribution in [0.2, 0.25) is 0 Å². The first-order valence-corrected chi connectivity index (χ1v) is 12.3. The lowest BCUT2D eigenvalue weighted by molar-refractivity contribution is -0.137. The van der Waals surface area contributed by atoms with Gasteiger partial charge in [-0.3, -0.25) is 4.79 Å². The molecular formula is C23H29F3N6O2S. The van der Waals surface area contributed by atoms with E-state index in [9.17, 15) is 18.0 Å². The molecule has 0 spiro atoms. The molecule has 0 aromatic heterocycles. The van der Waals surface area contributed by atoms with E-state index in [0.29, 0.717) is 52.9 Å². The molecule has 0 unspecified atom stereocenters. The number of halogens is 3. The summed E-state index contributed by atoms with van der Waals surface area (Å²) in [4.78, 5) is 15.6. The van der Waals surface area contributed by atoms with E-state index in [0.717, 1.165) is 43.8 Å². The molecule has 7 N–H and O–H groups in total. The number of rotatable bonds is 8. The minimum absolute atomic E-state index is 0.0303. The molecule has 2 aliphatic heterocycles. The topological polar surface area (TPSA) is 115 Å². The van der Waals surface area contributed by atoms with Crippen LogP contribution in [0.5, 0.6) is 0 Å². The summed E-state index contributed by atoms with van der Waals surface area (Å²) in [5.74, 6) is -0.280. The van der Waals surface area contributed by atoms with Gasteiger partial charge in [-0.1, -0.05) is 11.8 Å². The summed E-state index contributed by atoms with van der Waals surface area (Å²) >= 11 is 1.21. The number of anilines is 3. The van der Waals surface area contributed by atoms with E-state index < -0.39 is 11.7 Å². The Balaban J connectivity index is 1.56. The van der Waals surface area contributed by atoms with Crippen LogP contribution in [0.3, 0.4) is 0 Å². The third kappa shape index (κ3) is 6.19. The Labute approximate surface area is 205 Å². The van der Waals surface area contributed by atoms with Crippen molar-refractivity contribution in [1.82, 2.24) is 15.7 Å². The fourth-order valence-electron chi connectivity index (χ4n) is 4.22. The summed E-state index contributed by atoms with van der Waals surface area (Å²) in [6.07, 6.45) is -2.93. The van der Waals surface area contributed by atoms with Gasteiger partial charge in [0.2, 0.25) is 0 Å². The van der Waals surface area contributed by atoms with Crippen LogP contribution in [0.4, 0.5) is 30.2 Å². The number of hydrogen-bond acceptors (Lipinski definition) is 8. The molecule has 0 bridgehead atoms. The lowest BCUT2D eigenvalue weighted by Gasteiger charge is -2.34. The number of hydrogen-bond donors (Lipinski definition) is 6. The number of nitrogens with zero attached hydrogens (tertiary/aromatic N) is 1. The maximum atomic E-state index is 13.7. The number of nitrogens with two attached hydrogens (primary N) is 1. The van der Waals surface area contributed by atoms with E-state index >= 15 is 0 Å². The normalized spacial score (nSPS) is 16.3. The Morgan fingerprint density at radius 1 is 1.17 bits per heavy atom. The Hall–Kier alpha value is -2.51. The molecule has 4 rings (SSSR count). The molecule has 1 amide bonds. The van der Waals surface area contributed by atoms with E-state index in [4.69, 9.17) is 10.9 Å². The minimum atomic E-state index is -4.49. The number of carbonyl (C=O) groups excluding carboxylic acids is 1. The first kappa shape index (κ1) is 25.6. The molecule has 0 radical (unpaired) electrons. The van der Waals surface area contributed by atoms with Crippen LogP contribution < -0.4 is 27.2 Å². The van der Waals surface area contributed by atoms with Crippen molar-refractivity contribution in [2.24, 2.45) is 5.73 Å². The molecule has 2 aliphatic rings. The van der Waals surface area contributed by atoms with E-state index in [1.165, 1.54) is 11.8 Å². The van der Waals surface area contributed by atoms with Crippen LogP contribution in [-0.2, 0) is 6.18 Å². The number of nitrogens with one attached hydrogen (secondary N) is 4. The summed E-state index contributed by atoms with van der Waals surface area (Å²) in [6.45, 7) is 3.42. The van der Waals surface area contributed by atoms with E-state index in [2.05, 4.69) is 26.3 Å². The number of fused-ring (bicyclic) bond motifs is 2.